The van der Waals surface area contributed by atoms with Crippen LogP contribution in [0.2, 0.25) is 0 Å². The molecule has 0 amide bonds. The average molecular weight is 365 g/mol. The van der Waals surface area contributed by atoms with E-state index in [0.717, 1.165) is 32.8 Å². The quantitative estimate of drug-likeness (QED) is 0.807. The third kappa shape index (κ3) is 6.29. The van der Waals surface area contributed by atoms with Gasteiger partial charge in [0.1, 0.15) is 0 Å². The molecule has 10 heteroatoms. The second kappa shape index (κ2) is 9.57. The first-order valence-corrected chi connectivity index (χ1v) is 6.57. The molecule has 1 aromatic rings. The van der Waals surface area contributed by atoms with Crippen LogP contribution in [0, 0.1) is 0 Å². The molecule has 0 atom stereocenters. The van der Waals surface area contributed by atoms with Crippen LogP contribution in [0.1, 0.15) is 11.3 Å². The van der Waals surface area contributed by atoms with Gasteiger partial charge in [-0.25, -0.2) is 0 Å². The van der Waals surface area contributed by atoms with Gasteiger partial charge in [-0.3, -0.25) is 9.58 Å². The van der Waals surface area contributed by atoms with E-state index in [1.165, 1.54) is 17.9 Å². The minimum Gasteiger partial charge on any atom is -0.379 e. The lowest BCUT2D eigenvalue weighted by molar-refractivity contribution is -0.142. The van der Waals surface area contributed by atoms with Crippen molar-refractivity contribution in [2.45, 2.75) is 12.7 Å². The zero-order valence-corrected chi connectivity index (χ0v) is 13.9. The number of aromatic nitrogens is 2. The van der Waals surface area contributed by atoms with Crippen molar-refractivity contribution in [3.8, 4) is 0 Å². The van der Waals surface area contributed by atoms with Gasteiger partial charge in [0.25, 0.3) is 0 Å². The van der Waals surface area contributed by atoms with Gasteiger partial charge in [0, 0.05) is 51.5 Å². The standard InChI is InChI=1S/C12H19F3N4O.2ClH/c1-18-9-10(11(17-18)12(13,14)15)8-16-2-3-19-4-6-20-7-5-19;;/h9,16H,2-8H2,1H3;2*1H. The molecule has 0 bridgehead atoms. The molecule has 130 valence electrons. The van der Waals surface area contributed by atoms with Crippen molar-refractivity contribution in [3.05, 3.63) is 17.5 Å². The highest BCUT2D eigenvalue weighted by Gasteiger charge is 2.36. The van der Waals surface area contributed by atoms with E-state index in [1.807, 2.05) is 0 Å². The van der Waals surface area contributed by atoms with Crippen molar-refractivity contribution in [1.82, 2.24) is 20.0 Å². The normalized spacial score (nSPS) is 16.0. The van der Waals surface area contributed by atoms with E-state index in [4.69, 9.17) is 4.74 Å². The Morgan fingerprint density at radius 3 is 2.50 bits per heavy atom. The number of hydrogen-bond donors (Lipinski definition) is 1. The lowest BCUT2D eigenvalue weighted by atomic mass is 10.2. The maximum atomic E-state index is 12.7. The Bertz CT molecular complexity index is 436. The van der Waals surface area contributed by atoms with Crippen LogP contribution in [0.15, 0.2) is 6.20 Å². The Balaban J connectivity index is 0.00000220. The van der Waals surface area contributed by atoms with E-state index in [9.17, 15) is 13.2 Å². The van der Waals surface area contributed by atoms with Crippen LogP contribution in [0.5, 0.6) is 0 Å². The minimum absolute atomic E-state index is 0. The number of hydrogen-bond acceptors (Lipinski definition) is 4. The van der Waals surface area contributed by atoms with Crippen LogP contribution in [-0.2, 0) is 24.5 Å². The third-order valence-corrected chi connectivity index (χ3v) is 3.20. The summed E-state index contributed by atoms with van der Waals surface area (Å²) in [5.41, 5.74) is -0.624. The summed E-state index contributed by atoms with van der Waals surface area (Å²) in [6.07, 6.45) is -2.99. The fourth-order valence-corrected chi connectivity index (χ4v) is 2.19. The maximum Gasteiger partial charge on any atom is 0.435 e. The zero-order chi connectivity index (χ0) is 14.6. The molecule has 1 aliphatic rings. The Labute approximate surface area is 140 Å². The number of nitrogens with one attached hydrogen (secondary N) is 1. The molecule has 2 rings (SSSR count). The number of rotatable bonds is 5. The van der Waals surface area contributed by atoms with Crippen LogP contribution < -0.4 is 5.32 Å². The second-order valence-electron chi connectivity index (χ2n) is 4.81. The lowest BCUT2D eigenvalue weighted by Crippen LogP contribution is -2.40. The van der Waals surface area contributed by atoms with Crippen LogP contribution in [0.25, 0.3) is 0 Å². The van der Waals surface area contributed by atoms with Crippen LogP contribution in [-0.4, -0.2) is 54.1 Å². The van der Waals surface area contributed by atoms with E-state index in [-0.39, 0.29) is 36.9 Å². The summed E-state index contributed by atoms with van der Waals surface area (Å²) in [6.45, 7) is 4.83. The number of nitrogens with zero attached hydrogens (tertiary/aromatic N) is 3. The Morgan fingerprint density at radius 2 is 1.91 bits per heavy atom. The molecule has 0 aromatic carbocycles. The molecular weight excluding hydrogens is 344 g/mol. The smallest absolute Gasteiger partial charge is 0.379 e. The molecule has 1 aliphatic heterocycles. The number of halogens is 5. The fourth-order valence-electron chi connectivity index (χ4n) is 2.19. The first-order valence-electron chi connectivity index (χ1n) is 6.57. The van der Waals surface area contributed by atoms with Crippen LogP contribution in [0.4, 0.5) is 13.2 Å². The Morgan fingerprint density at radius 1 is 1.27 bits per heavy atom. The molecule has 0 unspecified atom stereocenters. The largest absolute Gasteiger partial charge is 0.435 e. The lowest BCUT2D eigenvalue weighted by Gasteiger charge is -2.26. The predicted octanol–water partition coefficient (Wildman–Crippen LogP) is 1.70. The number of morpholine rings is 1. The highest BCUT2D eigenvalue weighted by atomic mass is 35.5. The van der Waals surface area contributed by atoms with Crippen molar-refractivity contribution >= 4 is 24.8 Å². The van der Waals surface area contributed by atoms with Gasteiger partial charge in [-0.1, -0.05) is 0 Å². The summed E-state index contributed by atoms with van der Waals surface area (Å²) in [7, 11) is 1.49. The van der Waals surface area contributed by atoms with Crippen LogP contribution in [0.3, 0.4) is 0 Å². The van der Waals surface area contributed by atoms with Crippen molar-refractivity contribution in [1.29, 1.82) is 0 Å². The average Bonchev–Trinajstić information content (AvgIpc) is 2.77. The van der Waals surface area contributed by atoms with E-state index in [0.29, 0.717) is 6.54 Å². The first-order chi connectivity index (χ1) is 9.47. The van der Waals surface area contributed by atoms with Gasteiger partial charge < -0.3 is 10.1 Å². The zero-order valence-electron chi connectivity index (χ0n) is 12.2. The Kier molecular flexibility index (Phi) is 9.33. The molecule has 0 aliphatic carbocycles. The van der Waals surface area contributed by atoms with Gasteiger partial charge in [-0.05, 0) is 0 Å². The van der Waals surface area contributed by atoms with Gasteiger partial charge in [0.05, 0.1) is 13.2 Å². The number of ether oxygens (including phenoxy) is 1. The van der Waals surface area contributed by atoms with Gasteiger partial charge >= 0.3 is 6.18 Å². The molecule has 1 N–H and O–H groups in total. The molecule has 0 saturated carbocycles. The molecule has 1 saturated heterocycles. The summed E-state index contributed by atoms with van der Waals surface area (Å²) < 4.78 is 44.6. The van der Waals surface area contributed by atoms with E-state index in [1.54, 1.807) is 0 Å². The topological polar surface area (TPSA) is 42.3 Å². The summed E-state index contributed by atoms with van der Waals surface area (Å²) in [5, 5.41) is 6.51. The fraction of sp³-hybridized carbons (Fsp3) is 0.750. The molecule has 22 heavy (non-hydrogen) atoms. The molecule has 1 aromatic heterocycles. The summed E-state index contributed by atoms with van der Waals surface area (Å²) in [6, 6.07) is 0. The van der Waals surface area contributed by atoms with E-state index >= 15 is 0 Å². The highest BCUT2D eigenvalue weighted by molar-refractivity contribution is 5.85. The summed E-state index contributed by atoms with van der Waals surface area (Å²) in [4.78, 5) is 2.23. The van der Waals surface area contributed by atoms with Crippen molar-refractivity contribution in [3.63, 3.8) is 0 Å². The number of alkyl halides is 3. The maximum absolute atomic E-state index is 12.7. The van der Waals surface area contributed by atoms with Crippen molar-refractivity contribution in [2.75, 3.05) is 39.4 Å². The van der Waals surface area contributed by atoms with Gasteiger partial charge in [0.2, 0.25) is 0 Å². The molecule has 1 fully saturated rings. The summed E-state index contributed by atoms with van der Waals surface area (Å²) in [5.74, 6) is 0. The molecule has 2 heterocycles. The second-order valence-corrected chi connectivity index (χ2v) is 4.81. The van der Waals surface area contributed by atoms with Gasteiger partial charge in [-0.2, -0.15) is 18.3 Å². The molecular formula is C12H21Cl2F3N4O. The predicted molar refractivity (Wildman–Crippen MR) is 81.7 cm³/mol. The van der Waals surface area contributed by atoms with Crippen molar-refractivity contribution < 1.29 is 17.9 Å². The number of aryl methyl sites for hydroxylation is 1. The molecule has 5 nitrogen and oxygen atoms in total. The Hall–Kier alpha value is -0.540. The van der Waals surface area contributed by atoms with Crippen LogP contribution >= 0.6 is 24.8 Å². The van der Waals surface area contributed by atoms with Gasteiger partial charge in [0.15, 0.2) is 5.69 Å². The first kappa shape index (κ1) is 21.5. The van der Waals surface area contributed by atoms with E-state index in [2.05, 4.69) is 15.3 Å². The molecule has 0 radical (unpaired) electrons. The third-order valence-electron chi connectivity index (χ3n) is 3.20. The van der Waals surface area contributed by atoms with Gasteiger partial charge in [-0.15, -0.1) is 24.8 Å². The van der Waals surface area contributed by atoms with E-state index < -0.39 is 11.9 Å². The van der Waals surface area contributed by atoms with Crippen molar-refractivity contribution in [2.24, 2.45) is 7.05 Å². The summed E-state index contributed by atoms with van der Waals surface area (Å²) >= 11 is 0. The SMILES string of the molecule is Cl.Cl.Cn1cc(CNCCN2CCOCC2)c(C(F)(F)F)n1. The monoisotopic (exact) mass is 364 g/mol. The highest BCUT2D eigenvalue weighted by Crippen LogP contribution is 2.30. The molecule has 0 spiro atoms. The minimum atomic E-state index is -4.40.